The second-order valence-corrected chi connectivity index (χ2v) is 11.9. The zero-order valence-corrected chi connectivity index (χ0v) is 26.4. The fourth-order valence-electron chi connectivity index (χ4n) is 6.51. The molecule has 0 aliphatic carbocycles. The molecule has 0 N–H and O–H groups in total. The van der Waals surface area contributed by atoms with Crippen LogP contribution in [0.2, 0.25) is 0 Å². The van der Waals surface area contributed by atoms with E-state index >= 15 is 0 Å². The molecule has 0 amide bonds. The third kappa shape index (κ3) is 4.62. The average molecular weight is 645 g/mol. The molecule has 4 aromatic heterocycles. The van der Waals surface area contributed by atoms with Gasteiger partial charge in [-0.15, -0.1) is 0 Å². The quantitative estimate of drug-likeness (QED) is 0.182. The summed E-state index contributed by atoms with van der Waals surface area (Å²) in [6.07, 6.45) is 3.49. The number of furan rings is 1. The molecule has 0 fully saturated rings. The first-order chi connectivity index (χ1) is 24.8. The first-order valence-corrected chi connectivity index (χ1v) is 16.2. The molecular formula is C42H24N6O2. The minimum atomic E-state index is 0.450. The standard InChI is InChI=1S/C42H24N6O2/c1-3-11-25(12-4-1)39-46-40(26-13-5-2-6-14-26)48-41(47-39)34-24-43-33(23-44-34)29-18-9-17-28-27(29)16-10-19-32(28)42-45-37-36(50-42)22-21-31-30-15-7-8-20-35(30)49-38(31)37/h1-24H. The lowest BCUT2D eigenvalue weighted by Gasteiger charge is -2.10. The van der Waals surface area contributed by atoms with Crippen LogP contribution in [0, 0.1) is 0 Å². The lowest BCUT2D eigenvalue weighted by Crippen LogP contribution is -2.01. The number of para-hydroxylation sites is 1. The van der Waals surface area contributed by atoms with Gasteiger partial charge >= 0.3 is 0 Å². The molecule has 0 aliphatic heterocycles. The number of oxazole rings is 1. The first kappa shape index (κ1) is 28.0. The molecule has 0 saturated carbocycles. The number of benzene rings is 6. The highest BCUT2D eigenvalue weighted by atomic mass is 16.4. The van der Waals surface area contributed by atoms with Crippen LogP contribution in [0.3, 0.4) is 0 Å². The Labute approximate surface area is 284 Å². The van der Waals surface area contributed by atoms with Crippen LogP contribution in [-0.2, 0) is 0 Å². The fraction of sp³-hybridized carbons (Fsp3) is 0. The van der Waals surface area contributed by atoms with Crippen LogP contribution >= 0.6 is 0 Å². The monoisotopic (exact) mass is 644 g/mol. The fourth-order valence-corrected chi connectivity index (χ4v) is 6.51. The van der Waals surface area contributed by atoms with Gasteiger partial charge < -0.3 is 8.83 Å². The second kappa shape index (κ2) is 11.3. The van der Waals surface area contributed by atoms with Crippen molar-refractivity contribution in [1.29, 1.82) is 0 Å². The topological polar surface area (TPSA) is 104 Å². The molecular weight excluding hydrogens is 621 g/mol. The van der Waals surface area contributed by atoms with E-state index in [1.54, 1.807) is 12.4 Å². The van der Waals surface area contributed by atoms with Crippen molar-refractivity contribution in [3.05, 3.63) is 146 Å². The maximum Gasteiger partial charge on any atom is 0.228 e. The lowest BCUT2D eigenvalue weighted by atomic mass is 9.98. The summed E-state index contributed by atoms with van der Waals surface area (Å²) in [6.45, 7) is 0. The Morgan fingerprint density at radius 1 is 0.380 bits per heavy atom. The van der Waals surface area contributed by atoms with Gasteiger partial charge in [0.05, 0.1) is 18.1 Å². The van der Waals surface area contributed by atoms with Crippen molar-refractivity contribution in [3.63, 3.8) is 0 Å². The van der Waals surface area contributed by atoms with Gasteiger partial charge in [-0.1, -0.05) is 109 Å². The Morgan fingerprint density at radius 3 is 1.70 bits per heavy atom. The van der Waals surface area contributed by atoms with E-state index in [1.807, 2.05) is 115 Å². The van der Waals surface area contributed by atoms with Gasteiger partial charge in [0, 0.05) is 33.0 Å². The molecule has 0 radical (unpaired) electrons. The van der Waals surface area contributed by atoms with E-state index in [-0.39, 0.29) is 0 Å². The zero-order chi connectivity index (χ0) is 33.0. The molecule has 0 aliphatic rings. The SMILES string of the molecule is c1ccc(-c2nc(-c3ccccc3)nc(-c3cnc(-c4cccc5c(-c6nc7c(ccc8c9ccccc9oc87)o6)cccc45)cn3)n2)cc1. The first-order valence-electron chi connectivity index (χ1n) is 16.2. The third-order valence-electron chi connectivity index (χ3n) is 8.91. The number of nitrogens with zero attached hydrogens (tertiary/aromatic N) is 6. The Bertz CT molecular complexity index is 2810. The molecule has 50 heavy (non-hydrogen) atoms. The van der Waals surface area contributed by atoms with Gasteiger partial charge in [0.15, 0.2) is 34.2 Å². The maximum absolute atomic E-state index is 6.34. The molecule has 0 saturated heterocycles. The minimum absolute atomic E-state index is 0.450. The van der Waals surface area contributed by atoms with Crippen molar-refractivity contribution < 1.29 is 8.83 Å². The molecule has 10 aromatic rings. The van der Waals surface area contributed by atoms with E-state index in [9.17, 15) is 0 Å². The van der Waals surface area contributed by atoms with E-state index in [4.69, 9.17) is 38.7 Å². The number of aromatic nitrogens is 6. The van der Waals surface area contributed by atoms with Gasteiger partial charge in [-0.05, 0) is 35.0 Å². The van der Waals surface area contributed by atoms with Crippen molar-refractivity contribution >= 4 is 43.8 Å². The molecule has 0 bridgehead atoms. The van der Waals surface area contributed by atoms with Crippen LogP contribution in [0.1, 0.15) is 0 Å². The van der Waals surface area contributed by atoms with Crippen molar-refractivity contribution in [3.8, 4) is 57.0 Å². The minimum Gasteiger partial charge on any atom is -0.454 e. The molecule has 0 atom stereocenters. The van der Waals surface area contributed by atoms with Crippen LogP contribution in [0.15, 0.2) is 155 Å². The molecule has 0 unspecified atom stereocenters. The largest absolute Gasteiger partial charge is 0.454 e. The highest BCUT2D eigenvalue weighted by Crippen LogP contribution is 2.38. The predicted octanol–water partition coefficient (Wildman–Crippen LogP) is 10.2. The average Bonchev–Trinajstić information content (AvgIpc) is 3.80. The van der Waals surface area contributed by atoms with E-state index < -0.39 is 0 Å². The predicted molar refractivity (Wildman–Crippen MR) is 195 cm³/mol. The van der Waals surface area contributed by atoms with Gasteiger partial charge in [0.2, 0.25) is 5.89 Å². The molecule has 8 heteroatoms. The van der Waals surface area contributed by atoms with E-state index in [2.05, 4.69) is 18.2 Å². The number of fused-ring (bicyclic) bond motifs is 6. The van der Waals surface area contributed by atoms with Gasteiger partial charge in [-0.3, -0.25) is 4.98 Å². The third-order valence-corrected chi connectivity index (χ3v) is 8.91. The number of hydrogen-bond donors (Lipinski definition) is 0. The number of hydrogen-bond acceptors (Lipinski definition) is 8. The van der Waals surface area contributed by atoms with Gasteiger partial charge in [0.25, 0.3) is 0 Å². The van der Waals surface area contributed by atoms with Gasteiger partial charge in [-0.2, -0.15) is 0 Å². The van der Waals surface area contributed by atoms with Crippen LogP contribution in [0.25, 0.3) is 101 Å². The molecule has 0 spiro atoms. The summed E-state index contributed by atoms with van der Waals surface area (Å²) in [7, 11) is 0. The maximum atomic E-state index is 6.34. The van der Waals surface area contributed by atoms with Crippen LogP contribution in [-0.4, -0.2) is 29.9 Å². The van der Waals surface area contributed by atoms with Crippen LogP contribution in [0.4, 0.5) is 0 Å². The highest BCUT2D eigenvalue weighted by Gasteiger charge is 2.19. The summed E-state index contributed by atoms with van der Waals surface area (Å²) < 4.78 is 12.6. The smallest absolute Gasteiger partial charge is 0.228 e. The summed E-state index contributed by atoms with van der Waals surface area (Å²) >= 11 is 0. The molecule has 6 aromatic carbocycles. The van der Waals surface area contributed by atoms with Crippen molar-refractivity contribution in [2.75, 3.05) is 0 Å². The van der Waals surface area contributed by atoms with Gasteiger partial charge in [0.1, 0.15) is 11.3 Å². The highest BCUT2D eigenvalue weighted by molar-refractivity contribution is 6.13. The Hall–Kier alpha value is -7.06. The summed E-state index contributed by atoms with van der Waals surface area (Å²) in [5, 5.41) is 4.06. The van der Waals surface area contributed by atoms with Crippen molar-refractivity contribution in [1.82, 2.24) is 29.9 Å². The zero-order valence-electron chi connectivity index (χ0n) is 26.4. The molecule has 8 nitrogen and oxygen atoms in total. The summed E-state index contributed by atoms with van der Waals surface area (Å²) in [4.78, 5) is 29.0. The lowest BCUT2D eigenvalue weighted by molar-refractivity contribution is 0.620. The van der Waals surface area contributed by atoms with Gasteiger partial charge in [-0.25, -0.2) is 24.9 Å². The van der Waals surface area contributed by atoms with Crippen LogP contribution in [0.5, 0.6) is 0 Å². The van der Waals surface area contributed by atoms with E-state index in [0.29, 0.717) is 40.2 Å². The van der Waals surface area contributed by atoms with Crippen molar-refractivity contribution in [2.45, 2.75) is 0 Å². The Kier molecular flexibility index (Phi) is 6.32. The Balaban J connectivity index is 1.05. The Morgan fingerprint density at radius 2 is 0.980 bits per heavy atom. The molecule has 10 rings (SSSR count). The van der Waals surface area contributed by atoms with E-state index in [0.717, 1.165) is 60.7 Å². The van der Waals surface area contributed by atoms with Crippen LogP contribution < -0.4 is 0 Å². The summed E-state index contributed by atoms with van der Waals surface area (Å²) in [6, 6.07) is 44.0. The normalized spacial score (nSPS) is 11.6. The molecule has 234 valence electrons. The molecule has 4 heterocycles. The van der Waals surface area contributed by atoms with Crippen molar-refractivity contribution in [2.24, 2.45) is 0 Å². The second-order valence-electron chi connectivity index (χ2n) is 11.9. The summed E-state index contributed by atoms with van der Waals surface area (Å²) in [5.74, 6) is 2.12. The van der Waals surface area contributed by atoms with E-state index in [1.165, 1.54) is 0 Å². The summed E-state index contributed by atoms with van der Waals surface area (Å²) in [5.41, 5.74) is 7.79. The number of rotatable bonds is 5.